The molecule has 2 aromatic carbocycles. The molecule has 0 fully saturated rings. The molecule has 0 aliphatic heterocycles. The Morgan fingerprint density at radius 2 is 1.30 bits per heavy atom. The minimum Gasteiger partial charge on any atom is -0.496 e. The maximum absolute atomic E-state index is 13.4. The third-order valence-corrected chi connectivity index (χ3v) is 8.61. The fourth-order valence-electron chi connectivity index (χ4n) is 6.66. The fourth-order valence-corrected chi connectivity index (χ4v) is 6.66. The van der Waals surface area contributed by atoms with Crippen LogP contribution in [-0.2, 0) is 9.53 Å². The lowest BCUT2D eigenvalue weighted by atomic mass is 9.82. The van der Waals surface area contributed by atoms with Gasteiger partial charge < -0.3 is 51.0 Å². The number of nitrogens with zero attached hydrogens (tertiary/aromatic N) is 4. The number of aromatic nitrogens is 6. The highest BCUT2D eigenvalue weighted by atomic mass is 19.1. The highest BCUT2D eigenvalue weighted by Gasteiger charge is 2.30. The van der Waals surface area contributed by atoms with Crippen molar-refractivity contribution in [3.05, 3.63) is 65.7 Å². The number of anilines is 2. The Labute approximate surface area is 321 Å². The molecule has 0 atom stereocenters. The number of nitrogens with one attached hydrogen (secondary N) is 4. The minimum atomic E-state index is -0.652. The number of aromatic amines is 2. The summed E-state index contributed by atoms with van der Waals surface area (Å²) in [6.45, 7) is 10.6. The number of nitrogens with two attached hydrogens (primary N) is 2. The molecule has 0 spiro atoms. The van der Waals surface area contributed by atoms with Crippen molar-refractivity contribution in [3.8, 4) is 39.8 Å². The van der Waals surface area contributed by atoms with Crippen LogP contribution in [0.25, 0.3) is 33.8 Å². The molecule has 17 nitrogen and oxygen atoms in total. The first-order valence-corrected chi connectivity index (χ1v) is 17.4. The number of rotatable bonds is 13. The minimum absolute atomic E-state index is 0.116. The number of hydrogen-bond donors (Lipinski definition) is 6. The number of ether oxygens (including phenoxy) is 4. The zero-order chi connectivity index (χ0) is 41.1. The van der Waals surface area contributed by atoms with E-state index in [2.05, 4.69) is 70.2 Å². The fraction of sp³-hybridized carbons (Fsp3) is 0.342. The molecular formula is C38H47FN10O7. The number of primary amides is 2. The molecule has 0 aliphatic carbocycles. The average molecular weight is 775 g/mol. The lowest BCUT2D eigenvalue weighted by Crippen LogP contribution is -2.36. The lowest BCUT2D eigenvalue weighted by molar-refractivity contribution is -0.138. The van der Waals surface area contributed by atoms with Crippen LogP contribution in [0.15, 0.2) is 48.8 Å². The van der Waals surface area contributed by atoms with Crippen molar-refractivity contribution in [1.29, 1.82) is 0 Å². The number of carbonyl (C=O) groups is 3. The summed E-state index contributed by atoms with van der Waals surface area (Å²) in [5.74, 6) is 0.494. The topological polar surface area (TPSA) is 230 Å². The molecular weight excluding hydrogens is 727 g/mol. The van der Waals surface area contributed by atoms with E-state index in [1.54, 1.807) is 28.8 Å². The van der Waals surface area contributed by atoms with E-state index in [1.165, 1.54) is 57.5 Å². The van der Waals surface area contributed by atoms with E-state index in [-0.39, 0.29) is 28.9 Å². The molecule has 18 heteroatoms. The number of amides is 2. The lowest BCUT2D eigenvalue weighted by Gasteiger charge is -2.34. The summed E-state index contributed by atoms with van der Waals surface area (Å²) < 4.78 is 37.4. The molecule has 2 amide bonds. The largest absolute Gasteiger partial charge is 0.496 e. The van der Waals surface area contributed by atoms with Crippen molar-refractivity contribution in [1.82, 2.24) is 29.2 Å². The van der Waals surface area contributed by atoms with Crippen molar-refractivity contribution in [3.63, 3.8) is 0 Å². The van der Waals surface area contributed by atoms with Crippen molar-refractivity contribution in [2.24, 2.45) is 16.9 Å². The summed E-state index contributed by atoms with van der Waals surface area (Å²) in [4.78, 5) is 41.5. The van der Waals surface area contributed by atoms with Crippen LogP contribution in [0.5, 0.6) is 17.2 Å². The second kappa shape index (κ2) is 15.9. The van der Waals surface area contributed by atoms with Crippen LogP contribution in [0.1, 0.15) is 61.8 Å². The van der Waals surface area contributed by atoms with Gasteiger partial charge in [-0.2, -0.15) is 19.2 Å². The molecule has 298 valence electrons. The molecule has 0 radical (unpaired) electrons. The van der Waals surface area contributed by atoms with E-state index in [1.807, 2.05) is 0 Å². The third kappa shape index (κ3) is 8.48. The second-order valence-electron chi connectivity index (χ2n) is 14.7. The number of hydrogen-bond acceptors (Lipinski definition) is 11. The summed E-state index contributed by atoms with van der Waals surface area (Å²) in [7, 11) is 5.82. The Morgan fingerprint density at radius 1 is 0.786 bits per heavy atom. The molecule has 8 N–H and O–H groups in total. The second-order valence-corrected chi connectivity index (χ2v) is 14.7. The molecule has 6 rings (SSSR count). The number of carbonyl (C=O) groups excluding carboxylic acids is 3. The maximum Gasteiger partial charge on any atom is 0.325 e. The smallest absolute Gasteiger partial charge is 0.325 e. The number of halogens is 1. The van der Waals surface area contributed by atoms with Crippen LogP contribution in [-0.4, -0.2) is 87.5 Å². The highest BCUT2D eigenvalue weighted by Crippen LogP contribution is 2.44. The SMILES string of the molecule is CC(C)(C)CC(C)(C)Nc1c(-c2ccc(F)cc2)[nH]c2c(C(N)=O)cnn12.COC(=O)CNc1c(-c2c(OC)cc(OC)cc2OC)[nH]c2c(C(N)=O)cnn12. The van der Waals surface area contributed by atoms with Gasteiger partial charge in [0.15, 0.2) is 11.6 Å². The summed E-state index contributed by atoms with van der Waals surface area (Å²) in [6.07, 6.45) is 3.69. The van der Waals surface area contributed by atoms with Crippen molar-refractivity contribution in [2.75, 3.05) is 45.6 Å². The molecule has 6 aromatic rings. The number of fused-ring (bicyclic) bond motifs is 2. The number of imidazole rings is 2. The molecule has 0 saturated heterocycles. The van der Waals surface area contributed by atoms with E-state index in [0.717, 1.165) is 17.7 Å². The van der Waals surface area contributed by atoms with Gasteiger partial charge >= 0.3 is 5.97 Å². The van der Waals surface area contributed by atoms with Gasteiger partial charge in [0.1, 0.15) is 52.0 Å². The van der Waals surface area contributed by atoms with Gasteiger partial charge in [-0.05, 0) is 49.9 Å². The summed E-state index contributed by atoms with van der Waals surface area (Å²) in [5, 5.41) is 15.1. The molecule has 56 heavy (non-hydrogen) atoms. The molecule has 4 aromatic heterocycles. The highest BCUT2D eigenvalue weighted by molar-refractivity contribution is 6.01. The van der Waals surface area contributed by atoms with Gasteiger partial charge in [0, 0.05) is 23.2 Å². The quantitative estimate of drug-likeness (QED) is 0.0832. The first-order chi connectivity index (χ1) is 26.4. The van der Waals surface area contributed by atoms with Gasteiger partial charge in [0.2, 0.25) is 0 Å². The normalized spacial score (nSPS) is 11.5. The standard InChI is InChI=1S/C20H26FN5O.C18H21N5O6/c1-19(2,3)11-20(4,5)25-18-15(12-6-8-13(21)9-7-12)24-17-14(16(22)27)10-23-26(17)18;1-26-9-5-11(27-2)14(12(6-9)28-3)15-18(20-8-13(24)29-4)23-17(22-15)10(7-21-23)16(19)25/h6-10,24-25H,11H2,1-5H3,(H2,22,27);5-7,20,22H,8H2,1-4H3,(H2,19,25). The number of benzene rings is 2. The van der Waals surface area contributed by atoms with Gasteiger partial charge in [-0.1, -0.05) is 20.8 Å². The number of methoxy groups -OCH3 is 4. The van der Waals surface area contributed by atoms with Crippen LogP contribution in [0, 0.1) is 11.2 Å². The van der Waals surface area contributed by atoms with Crippen LogP contribution >= 0.6 is 0 Å². The monoisotopic (exact) mass is 774 g/mol. The van der Waals surface area contributed by atoms with Gasteiger partial charge in [-0.3, -0.25) is 14.4 Å². The first-order valence-electron chi connectivity index (χ1n) is 17.4. The Balaban J connectivity index is 0.000000215. The predicted molar refractivity (Wildman–Crippen MR) is 209 cm³/mol. The van der Waals surface area contributed by atoms with E-state index < -0.39 is 17.8 Å². The molecule has 4 heterocycles. The van der Waals surface area contributed by atoms with Crippen molar-refractivity contribution < 1.29 is 37.7 Å². The van der Waals surface area contributed by atoms with Crippen LogP contribution < -0.4 is 36.3 Å². The Kier molecular flexibility index (Phi) is 11.5. The van der Waals surface area contributed by atoms with Gasteiger partial charge in [-0.25, -0.2) is 4.39 Å². The Bertz CT molecular complexity index is 2360. The van der Waals surface area contributed by atoms with E-state index in [4.69, 9.17) is 25.7 Å². The molecule has 0 unspecified atom stereocenters. The van der Waals surface area contributed by atoms with Crippen LogP contribution in [0.2, 0.25) is 0 Å². The average Bonchev–Trinajstić information content (AvgIpc) is 3.91. The summed E-state index contributed by atoms with van der Waals surface area (Å²) in [6, 6.07) is 9.54. The molecule has 0 saturated carbocycles. The Morgan fingerprint density at radius 3 is 1.77 bits per heavy atom. The van der Waals surface area contributed by atoms with Crippen molar-refractivity contribution in [2.45, 2.75) is 46.6 Å². The van der Waals surface area contributed by atoms with E-state index >= 15 is 0 Å². The van der Waals surface area contributed by atoms with Gasteiger partial charge in [-0.15, -0.1) is 0 Å². The Hall–Kier alpha value is -6.72. The van der Waals surface area contributed by atoms with Crippen LogP contribution in [0.3, 0.4) is 0 Å². The number of esters is 1. The number of H-pyrrole nitrogens is 2. The third-order valence-electron chi connectivity index (χ3n) is 8.61. The van der Waals surface area contributed by atoms with Crippen molar-refractivity contribution >= 4 is 40.7 Å². The van der Waals surface area contributed by atoms with E-state index in [9.17, 15) is 18.8 Å². The van der Waals surface area contributed by atoms with Gasteiger partial charge in [0.25, 0.3) is 11.8 Å². The molecule has 0 aliphatic rings. The first kappa shape index (κ1) is 40.5. The maximum atomic E-state index is 13.4. The zero-order valence-electron chi connectivity index (χ0n) is 32.7. The predicted octanol–water partition coefficient (Wildman–Crippen LogP) is 5.23. The van der Waals surface area contributed by atoms with Crippen LogP contribution in [0.4, 0.5) is 16.0 Å². The molecule has 0 bridgehead atoms. The van der Waals surface area contributed by atoms with Gasteiger partial charge in [0.05, 0.1) is 57.8 Å². The summed E-state index contributed by atoms with van der Waals surface area (Å²) >= 11 is 0. The zero-order valence-corrected chi connectivity index (χ0v) is 32.7. The summed E-state index contributed by atoms with van der Waals surface area (Å²) in [5.41, 5.74) is 14.6. The van der Waals surface area contributed by atoms with E-state index in [0.29, 0.717) is 57.0 Å².